The lowest BCUT2D eigenvalue weighted by Crippen LogP contribution is -2.27. The van der Waals surface area contributed by atoms with E-state index in [0.717, 1.165) is 0 Å². The van der Waals surface area contributed by atoms with Crippen molar-refractivity contribution in [2.75, 3.05) is 11.9 Å². The van der Waals surface area contributed by atoms with Crippen molar-refractivity contribution >= 4 is 44.8 Å². The number of nitrogens with one attached hydrogen (secondary N) is 2. The number of carbonyl (C=O) groups is 1. The van der Waals surface area contributed by atoms with Gasteiger partial charge in [-0.3, -0.25) is 4.79 Å². The van der Waals surface area contributed by atoms with Gasteiger partial charge in [-0.1, -0.05) is 29.3 Å². The molecule has 0 spiro atoms. The summed E-state index contributed by atoms with van der Waals surface area (Å²) in [4.78, 5) is 11.9. The van der Waals surface area contributed by atoms with E-state index in [9.17, 15) is 13.2 Å². The predicted molar refractivity (Wildman–Crippen MR) is 91.3 cm³/mol. The third-order valence-electron chi connectivity index (χ3n) is 2.88. The highest BCUT2D eigenvalue weighted by atomic mass is 35.5. The highest BCUT2D eigenvalue weighted by Gasteiger charge is 2.14. The Morgan fingerprint density at radius 2 is 1.70 bits per heavy atom. The monoisotopic (exact) mass is 372 g/mol. The largest absolute Gasteiger partial charge is 0.326 e. The number of amides is 1. The van der Waals surface area contributed by atoms with E-state index in [-0.39, 0.29) is 23.8 Å². The average Bonchev–Trinajstić information content (AvgIpc) is 2.47. The Kier molecular flexibility index (Phi) is 6.01. The van der Waals surface area contributed by atoms with Gasteiger partial charge < -0.3 is 5.32 Å². The zero-order valence-electron chi connectivity index (χ0n) is 11.9. The van der Waals surface area contributed by atoms with E-state index >= 15 is 0 Å². The summed E-state index contributed by atoms with van der Waals surface area (Å²) in [7, 11) is -3.66. The summed E-state index contributed by atoms with van der Waals surface area (Å²) in [5.41, 5.74) is 0.558. The fourth-order valence-corrected chi connectivity index (χ4v) is 3.13. The minimum atomic E-state index is -3.66. The van der Waals surface area contributed by atoms with E-state index in [1.807, 2.05) is 0 Å². The molecule has 0 heterocycles. The van der Waals surface area contributed by atoms with Crippen molar-refractivity contribution in [3.05, 3.63) is 58.6 Å². The molecule has 5 nitrogen and oxygen atoms in total. The fraction of sp³-hybridized carbons (Fsp3) is 0.133. The van der Waals surface area contributed by atoms with E-state index in [1.54, 1.807) is 24.3 Å². The molecule has 2 N–H and O–H groups in total. The molecule has 2 aromatic carbocycles. The summed E-state index contributed by atoms with van der Waals surface area (Å²) in [5, 5.41) is 3.60. The number of anilines is 1. The van der Waals surface area contributed by atoms with Gasteiger partial charge in [0, 0.05) is 28.7 Å². The van der Waals surface area contributed by atoms with E-state index in [4.69, 9.17) is 23.2 Å². The molecule has 122 valence electrons. The molecule has 1 amide bonds. The first-order chi connectivity index (χ1) is 10.9. The summed E-state index contributed by atoms with van der Waals surface area (Å²) >= 11 is 11.5. The Morgan fingerprint density at radius 1 is 1.00 bits per heavy atom. The molecule has 0 unspecified atom stereocenters. The third-order valence-corrected chi connectivity index (χ3v) is 4.84. The quantitative estimate of drug-likeness (QED) is 0.816. The van der Waals surface area contributed by atoms with Crippen LogP contribution in [0.2, 0.25) is 10.0 Å². The number of hydrogen-bond donors (Lipinski definition) is 2. The maximum Gasteiger partial charge on any atom is 0.240 e. The van der Waals surface area contributed by atoms with E-state index in [1.165, 1.54) is 24.3 Å². The van der Waals surface area contributed by atoms with Crippen LogP contribution in [0.5, 0.6) is 0 Å². The van der Waals surface area contributed by atoms with Gasteiger partial charge in [0.1, 0.15) is 0 Å². The third kappa shape index (κ3) is 5.51. The smallest absolute Gasteiger partial charge is 0.240 e. The number of halogens is 2. The van der Waals surface area contributed by atoms with Crippen molar-refractivity contribution in [2.24, 2.45) is 0 Å². The van der Waals surface area contributed by atoms with E-state index in [0.29, 0.717) is 15.7 Å². The normalized spacial score (nSPS) is 11.2. The molecule has 0 fully saturated rings. The molecule has 0 saturated carbocycles. The molecule has 0 bridgehead atoms. The van der Waals surface area contributed by atoms with Crippen LogP contribution in [-0.2, 0) is 14.8 Å². The van der Waals surface area contributed by atoms with Crippen molar-refractivity contribution < 1.29 is 13.2 Å². The first kappa shape index (κ1) is 17.7. The van der Waals surface area contributed by atoms with Gasteiger partial charge in [-0.25, -0.2) is 13.1 Å². The van der Waals surface area contributed by atoms with Crippen LogP contribution >= 0.6 is 23.2 Å². The first-order valence-electron chi connectivity index (χ1n) is 6.67. The summed E-state index contributed by atoms with van der Waals surface area (Å²) in [6.07, 6.45) is -0.000662. The van der Waals surface area contributed by atoms with Gasteiger partial charge in [0.2, 0.25) is 15.9 Å². The molecule has 0 aliphatic heterocycles. The number of rotatable bonds is 6. The van der Waals surface area contributed by atoms with Crippen molar-refractivity contribution in [1.82, 2.24) is 4.72 Å². The van der Waals surface area contributed by atoms with Gasteiger partial charge in [-0.05, 0) is 42.5 Å². The highest BCUT2D eigenvalue weighted by Crippen LogP contribution is 2.15. The van der Waals surface area contributed by atoms with Crippen LogP contribution in [0.4, 0.5) is 5.69 Å². The lowest BCUT2D eigenvalue weighted by atomic mass is 10.3. The van der Waals surface area contributed by atoms with E-state index in [2.05, 4.69) is 10.0 Å². The minimum Gasteiger partial charge on any atom is -0.326 e. The molecular weight excluding hydrogens is 359 g/mol. The second kappa shape index (κ2) is 7.79. The van der Waals surface area contributed by atoms with E-state index < -0.39 is 10.0 Å². The lowest BCUT2D eigenvalue weighted by molar-refractivity contribution is -0.116. The fourth-order valence-electron chi connectivity index (χ4n) is 1.79. The number of benzene rings is 2. The van der Waals surface area contributed by atoms with Gasteiger partial charge in [0.25, 0.3) is 0 Å². The predicted octanol–water partition coefficient (Wildman–Crippen LogP) is 3.30. The van der Waals surface area contributed by atoms with Crippen LogP contribution in [0.1, 0.15) is 6.42 Å². The summed E-state index contributed by atoms with van der Waals surface area (Å²) < 4.78 is 26.4. The molecule has 0 aliphatic carbocycles. The molecular formula is C15H14Cl2N2O3S. The van der Waals surface area contributed by atoms with Crippen molar-refractivity contribution in [2.45, 2.75) is 11.3 Å². The van der Waals surface area contributed by atoms with Crippen molar-refractivity contribution in [1.29, 1.82) is 0 Å². The van der Waals surface area contributed by atoms with Crippen LogP contribution in [0.3, 0.4) is 0 Å². The number of hydrogen-bond acceptors (Lipinski definition) is 3. The topological polar surface area (TPSA) is 75.3 Å². The second-order valence-electron chi connectivity index (χ2n) is 4.66. The molecule has 0 saturated heterocycles. The second-order valence-corrected chi connectivity index (χ2v) is 7.30. The maximum absolute atomic E-state index is 12.0. The molecule has 8 heteroatoms. The van der Waals surface area contributed by atoms with Crippen LogP contribution < -0.4 is 10.0 Å². The molecule has 0 aromatic heterocycles. The Hall–Kier alpha value is -1.60. The summed E-state index contributed by atoms with van der Waals surface area (Å²) in [6.45, 7) is -0.0165. The molecule has 0 aliphatic rings. The minimum absolute atomic E-state index is 0.000662. The van der Waals surface area contributed by atoms with Crippen LogP contribution in [0.15, 0.2) is 53.4 Å². The Bertz CT molecular complexity index is 793. The summed E-state index contributed by atoms with van der Waals surface area (Å²) in [5.74, 6) is -0.314. The lowest BCUT2D eigenvalue weighted by Gasteiger charge is -2.08. The molecule has 2 aromatic rings. The standard InChI is InChI=1S/C15H14Cl2N2O3S/c16-11-4-6-14(7-5-11)23(21,22)18-9-8-15(20)19-13-3-1-2-12(17)10-13/h1-7,10,18H,8-9H2,(H,19,20). The average molecular weight is 373 g/mol. The highest BCUT2D eigenvalue weighted by molar-refractivity contribution is 7.89. The molecule has 0 atom stereocenters. The van der Waals surface area contributed by atoms with Gasteiger partial charge >= 0.3 is 0 Å². The number of carbonyl (C=O) groups excluding carboxylic acids is 1. The molecule has 0 radical (unpaired) electrons. The van der Waals surface area contributed by atoms with Gasteiger partial charge in [-0.15, -0.1) is 0 Å². The van der Waals surface area contributed by atoms with Crippen LogP contribution in [0, 0.1) is 0 Å². The van der Waals surface area contributed by atoms with Gasteiger partial charge in [0.15, 0.2) is 0 Å². The van der Waals surface area contributed by atoms with Gasteiger partial charge in [-0.2, -0.15) is 0 Å². The zero-order chi connectivity index (χ0) is 16.9. The van der Waals surface area contributed by atoms with Crippen molar-refractivity contribution in [3.63, 3.8) is 0 Å². The zero-order valence-corrected chi connectivity index (χ0v) is 14.3. The van der Waals surface area contributed by atoms with Crippen LogP contribution in [0.25, 0.3) is 0 Å². The van der Waals surface area contributed by atoms with Gasteiger partial charge in [0.05, 0.1) is 4.90 Å². The van der Waals surface area contributed by atoms with Crippen LogP contribution in [-0.4, -0.2) is 20.9 Å². The maximum atomic E-state index is 12.0. The Morgan fingerprint density at radius 3 is 2.35 bits per heavy atom. The molecule has 2 rings (SSSR count). The Balaban J connectivity index is 1.86. The SMILES string of the molecule is O=C(CCNS(=O)(=O)c1ccc(Cl)cc1)Nc1cccc(Cl)c1. The number of sulfonamides is 1. The van der Waals surface area contributed by atoms with Crippen molar-refractivity contribution in [3.8, 4) is 0 Å². The molecule has 23 heavy (non-hydrogen) atoms. The first-order valence-corrected chi connectivity index (χ1v) is 8.91. The Labute approximate surface area is 144 Å². The summed E-state index contributed by atoms with van der Waals surface area (Å²) in [6, 6.07) is 12.5.